The second-order valence-electron chi connectivity index (χ2n) is 6.14. The molecule has 6 heteroatoms. The van der Waals surface area contributed by atoms with E-state index < -0.39 is 0 Å². The van der Waals surface area contributed by atoms with Crippen molar-refractivity contribution in [3.63, 3.8) is 0 Å². The first-order valence-corrected chi connectivity index (χ1v) is 9.87. The Labute approximate surface area is 167 Å². The summed E-state index contributed by atoms with van der Waals surface area (Å²) in [5.41, 5.74) is 4.64. The third kappa shape index (κ3) is 3.10. The summed E-state index contributed by atoms with van der Waals surface area (Å²) in [5.74, 6) is 1.59. The molecule has 0 spiro atoms. The van der Waals surface area contributed by atoms with Crippen LogP contribution in [0.5, 0.6) is 11.5 Å². The smallest absolute Gasteiger partial charge is 0.195 e. The van der Waals surface area contributed by atoms with E-state index in [0.717, 1.165) is 44.7 Å². The van der Waals surface area contributed by atoms with Gasteiger partial charge < -0.3 is 9.47 Å². The summed E-state index contributed by atoms with van der Waals surface area (Å²) in [6.07, 6.45) is 0.261. The average Bonchev–Trinajstić information content (AvgIpc) is 3.29. The van der Waals surface area contributed by atoms with E-state index in [2.05, 4.69) is 15.8 Å². The van der Waals surface area contributed by atoms with Crippen LogP contribution in [0, 0.1) is 11.3 Å². The highest BCUT2D eigenvalue weighted by Gasteiger charge is 2.21. The first kappa shape index (κ1) is 18.1. The third-order valence-electron chi connectivity index (χ3n) is 4.53. The maximum absolute atomic E-state index is 9.47. The lowest BCUT2D eigenvalue weighted by atomic mass is 10.1. The molecule has 140 valence electrons. The number of hydrogen-bond donors (Lipinski definition) is 0. The topological polar surface area (TPSA) is 59.6 Å². The number of nitriles is 1. The zero-order valence-corrected chi connectivity index (χ0v) is 16.5. The van der Waals surface area contributed by atoms with Crippen LogP contribution in [0.15, 0.2) is 53.9 Å². The maximum atomic E-state index is 9.47. The molecule has 0 aliphatic carbocycles. The Kier molecular flexibility index (Phi) is 5.00. The van der Waals surface area contributed by atoms with Gasteiger partial charge >= 0.3 is 0 Å². The van der Waals surface area contributed by atoms with Crippen LogP contribution in [-0.4, -0.2) is 23.1 Å². The molecule has 0 aliphatic heterocycles. The molecule has 0 unspecified atom stereocenters. The van der Waals surface area contributed by atoms with Gasteiger partial charge in [-0.25, -0.2) is 4.98 Å². The van der Waals surface area contributed by atoms with Crippen molar-refractivity contribution in [3.8, 4) is 40.1 Å². The van der Waals surface area contributed by atoms with Crippen LogP contribution in [0.3, 0.4) is 0 Å². The van der Waals surface area contributed by atoms with Crippen molar-refractivity contribution in [2.75, 3.05) is 13.7 Å². The van der Waals surface area contributed by atoms with Crippen LogP contribution >= 0.6 is 11.3 Å². The molecular formula is C22H19N3O2S. The number of methoxy groups -OCH3 is 1. The van der Waals surface area contributed by atoms with Gasteiger partial charge in [-0.3, -0.25) is 4.40 Å². The van der Waals surface area contributed by atoms with Gasteiger partial charge in [-0.05, 0) is 48.9 Å². The van der Waals surface area contributed by atoms with Gasteiger partial charge in [-0.15, -0.1) is 11.3 Å². The van der Waals surface area contributed by atoms with Gasteiger partial charge in [-0.1, -0.05) is 12.1 Å². The van der Waals surface area contributed by atoms with E-state index in [9.17, 15) is 5.26 Å². The lowest BCUT2D eigenvalue weighted by Gasteiger charge is -2.10. The summed E-state index contributed by atoms with van der Waals surface area (Å²) < 4.78 is 13.1. The van der Waals surface area contributed by atoms with Gasteiger partial charge in [0.2, 0.25) is 0 Å². The average molecular weight is 389 g/mol. The highest BCUT2D eigenvalue weighted by atomic mass is 32.1. The molecule has 2 heterocycles. The van der Waals surface area contributed by atoms with Crippen molar-refractivity contribution in [2.45, 2.75) is 13.3 Å². The van der Waals surface area contributed by atoms with Crippen LogP contribution in [-0.2, 0) is 6.42 Å². The maximum Gasteiger partial charge on any atom is 0.195 e. The Morgan fingerprint density at radius 1 is 1.14 bits per heavy atom. The SMILES string of the molecule is CCOc1ccccc1-c1nc2scc(-c3ccc(OC)cc3)n2c1CC#N. The molecule has 0 N–H and O–H groups in total. The second kappa shape index (κ2) is 7.75. The van der Waals surface area contributed by atoms with Gasteiger partial charge in [0.15, 0.2) is 4.96 Å². The monoisotopic (exact) mass is 389 g/mol. The first-order chi connectivity index (χ1) is 13.8. The van der Waals surface area contributed by atoms with Crippen LogP contribution in [0.4, 0.5) is 0 Å². The molecule has 0 atom stereocenters. The van der Waals surface area contributed by atoms with Crippen molar-refractivity contribution in [3.05, 3.63) is 59.6 Å². The minimum Gasteiger partial charge on any atom is -0.497 e. The van der Waals surface area contributed by atoms with Crippen molar-refractivity contribution in [1.29, 1.82) is 5.26 Å². The number of hydrogen-bond acceptors (Lipinski definition) is 5. The fraction of sp³-hybridized carbons (Fsp3) is 0.182. The minimum absolute atomic E-state index is 0.261. The number of benzene rings is 2. The number of para-hydroxylation sites is 1. The molecule has 4 rings (SSSR count). The van der Waals surface area contributed by atoms with E-state index in [0.29, 0.717) is 6.61 Å². The summed E-state index contributed by atoms with van der Waals surface area (Å²) >= 11 is 1.56. The molecule has 4 aromatic rings. The Balaban J connectivity index is 1.92. The lowest BCUT2D eigenvalue weighted by Crippen LogP contribution is -1.98. The zero-order chi connectivity index (χ0) is 19.5. The minimum atomic E-state index is 0.261. The summed E-state index contributed by atoms with van der Waals surface area (Å²) in [7, 11) is 1.65. The summed E-state index contributed by atoms with van der Waals surface area (Å²) in [4.78, 5) is 5.71. The predicted molar refractivity (Wildman–Crippen MR) is 111 cm³/mol. The highest BCUT2D eigenvalue weighted by molar-refractivity contribution is 7.15. The van der Waals surface area contributed by atoms with E-state index >= 15 is 0 Å². The van der Waals surface area contributed by atoms with E-state index in [1.54, 1.807) is 18.4 Å². The molecule has 0 saturated carbocycles. The number of rotatable bonds is 6. The van der Waals surface area contributed by atoms with Crippen LogP contribution in [0.25, 0.3) is 27.5 Å². The molecule has 5 nitrogen and oxygen atoms in total. The van der Waals surface area contributed by atoms with E-state index in [1.165, 1.54) is 0 Å². The quantitative estimate of drug-likeness (QED) is 0.455. The number of imidazole rings is 1. The first-order valence-electron chi connectivity index (χ1n) is 8.99. The standard InChI is InChI=1S/C22H19N3O2S/c1-3-27-20-7-5-4-6-17(20)21-18(12-13-23)25-19(14-28-22(25)24-21)15-8-10-16(26-2)11-9-15/h4-11,14H,3,12H2,1-2H3. The Morgan fingerprint density at radius 2 is 1.93 bits per heavy atom. The molecule has 0 amide bonds. The van der Waals surface area contributed by atoms with Crippen molar-refractivity contribution < 1.29 is 9.47 Å². The van der Waals surface area contributed by atoms with Crippen LogP contribution in [0.1, 0.15) is 12.6 Å². The largest absolute Gasteiger partial charge is 0.497 e. The molecule has 2 aromatic carbocycles. The van der Waals surface area contributed by atoms with Gasteiger partial charge in [0, 0.05) is 10.9 Å². The lowest BCUT2D eigenvalue weighted by molar-refractivity contribution is 0.341. The second-order valence-corrected chi connectivity index (χ2v) is 6.98. The van der Waals surface area contributed by atoms with E-state index in [-0.39, 0.29) is 6.42 Å². The molecule has 28 heavy (non-hydrogen) atoms. The summed E-state index contributed by atoms with van der Waals surface area (Å²) in [6, 6.07) is 18.0. The summed E-state index contributed by atoms with van der Waals surface area (Å²) in [5, 5.41) is 11.5. The highest BCUT2D eigenvalue weighted by Crippen LogP contribution is 2.37. The van der Waals surface area contributed by atoms with Gasteiger partial charge in [0.1, 0.15) is 11.5 Å². The Morgan fingerprint density at radius 3 is 2.64 bits per heavy atom. The fourth-order valence-corrected chi connectivity index (χ4v) is 4.19. The Hall–Kier alpha value is -3.30. The van der Waals surface area contributed by atoms with Gasteiger partial charge in [0.05, 0.1) is 43.3 Å². The van der Waals surface area contributed by atoms with Gasteiger partial charge in [0.25, 0.3) is 0 Å². The number of thiazole rings is 1. The third-order valence-corrected chi connectivity index (χ3v) is 5.36. The molecule has 0 fully saturated rings. The number of ether oxygens (including phenoxy) is 2. The van der Waals surface area contributed by atoms with E-state index in [1.807, 2.05) is 55.5 Å². The van der Waals surface area contributed by atoms with Crippen LogP contribution < -0.4 is 9.47 Å². The van der Waals surface area contributed by atoms with Crippen molar-refractivity contribution in [1.82, 2.24) is 9.38 Å². The normalized spacial score (nSPS) is 10.8. The number of fused-ring (bicyclic) bond motifs is 1. The summed E-state index contributed by atoms with van der Waals surface area (Å²) in [6.45, 7) is 2.53. The zero-order valence-electron chi connectivity index (χ0n) is 15.7. The molecule has 0 saturated heterocycles. The fourth-order valence-electron chi connectivity index (χ4n) is 3.28. The molecule has 0 radical (unpaired) electrons. The molecule has 2 aromatic heterocycles. The van der Waals surface area contributed by atoms with Gasteiger partial charge in [-0.2, -0.15) is 5.26 Å². The number of nitrogens with zero attached hydrogens (tertiary/aromatic N) is 3. The van der Waals surface area contributed by atoms with Crippen molar-refractivity contribution >= 4 is 16.3 Å². The van der Waals surface area contributed by atoms with Crippen LogP contribution in [0.2, 0.25) is 0 Å². The predicted octanol–water partition coefficient (Wildman–Crippen LogP) is 5.20. The Bertz CT molecular complexity index is 1150. The molecule has 0 aliphatic rings. The molecule has 0 bridgehead atoms. The number of aromatic nitrogens is 2. The van der Waals surface area contributed by atoms with Crippen molar-refractivity contribution in [2.24, 2.45) is 0 Å². The van der Waals surface area contributed by atoms with E-state index in [4.69, 9.17) is 14.5 Å². The molecular weight excluding hydrogens is 370 g/mol.